The summed E-state index contributed by atoms with van der Waals surface area (Å²) in [5.74, 6) is 0.566. The van der Waals surface area contributed by atoms with Gasteiger partial charge in [0.15, 0.2) is 6.29 Å². The van der Waals surface area contributed by atoms with E-state index in [9.17, 15) is 4.79 Å². The van der Waals surface area contributed by atoms with Crippen molar-refractivity contribution in [2.45, 2.75) is 52.2 Å². The van der Waals surface area contributed by atoms with Gasteiger partial charge in [0.25, 0.3) is 0 Å². The fourth-order valence-electron chi connectivity index (χ4n) is 3.06. The quantitative estimate of drug-likeness (QED) is 0.603. The van der Waals surface area contributed by atoms with E-state index < -0.39 is 0 Å². The van der Waals surface area contributed by atoms with Gasteiger partial charge in [-0.1, -0.05) is 38.1 Å². The van der Waals surface area contributed by atoms with E-state index in [4.69, 9.17) is 0 Å². The molecule has 0 aromatic heterocycles. The Morgan fingerprint density at radius 1 is 1.28 bits per heavy atom. The third kappa shape index (κ3) is 6.59. The molecule has 1 heterocycles. The van der Waals surface area contributed by atoms with Crippen molar-refractivity contribution in [1.29, 1.82) is 0 Å². The van der Waals surface area contributed by atoms with Crippen molar-refractivity contribution < 1.29 is 4.79 Å². The second-order valence-corrected chi connectivity index (χ2v) is 7.09. The van der Waals surface area contributed by atoms with E-state index in [0.717, 1.165) is 37.9 Å². The van der Waals surface area contributed by atoms with Crippen LogP contribution in [0.25, 0.3) is 0 Å². The van der Waals surface area contributed by atoms with Gasteiger partial charge in [-0.15, -0.1) is 0 Å². The first-order valence-electron chi connectivity index (χ1n) is 9.42. The maximum atomic E-state index is 12.5. The molecule has 0 fully saturated rings. The van der Waals surface area contributed by atoms with Gasteiger partial charge in [0.1, 0.15) is 0 Å². The monoisotopic (exact) mass is 344 g/mol. The van der Waals surface area contributed by atoms with Crippen molar-refractivity contribution in [1.82, 2.24) is 16.0 Å². The number of aliphatic imine (C=N–C) groups is 1. The Labute approximate surface area is 151 Å². The molecule has 138 valence electrons. The third-order valence-corrected chi connectivity index (χ3v) is 4.40. The molecule has 0 saturated heterocycles. The second kappa shape index (κ2) is 10.3. The number of carbonyl (C=O) groups is 1. The molecule has 0 radical (unpaired) electrons. The fourth-order valence-corrected chi connectivity index (χ4v) is 3.06. The van der Waals surface area contributed by atoms with Gasteiger partial charge in [-0.05, 0) is 49.8 Å². The molecule has 1 unspecified atom stereocenters. The number of carbonyl (C=O) groups excluding carboxylic acids is 1. The van der Waals surface area contributed by atoms with E-state index in [2.05, 4.69) is 53.0 Å². The van der Waals surface area contributed by atoms with Gasteiger partial charge in [-0.3, -0.25) is 20.4 Å². The first kappa shape index (κ1) is 19.6. The highest BCUT2D eigenvalue weighted by Crippen LogP contribution is 2.22. The van der Waals surface area contributed by atoms with Crippen LogP contribution >= 0.6 is 0 Å². The average Bonchev–Trinajstić information content (AvgIpc) is 2.61. The molecule has 3 N–H and O–H groups in total. The Balaban J connectivity index is 1.74. The number of rotatable bonds is 9. The van der Waals surface area contributed by atoms with Crippen LogP contribution in [0.1, 0.15) is 50.7 Å². The summed E-state index contributed by atoms with van der Waals surface area (Å²) in [5.41, 5.74) is 2.43. The molecule has 5 nitrogen and oxygen atoms in total. The first-order valence-corrected chi connectivity index (χ1v) is 9.42. The minimum Gasteiger partial charge on any atom is -0.356 e. The fraction of sp³-hybridized carbons (Fsp3) is 0.600. The Bertz CT molecular complexity index is 571. The molecule has 0 saturated carbocycles. The van der Waals surface area contributed by atoms with E-state index >= 15 is 0 Å². The maximum Gasteiger partial charge on any atom is 0.227 e. The number of nitrogens with one attached hydrogen (secondary N) is 3. The minimum atomic E-state index is -0.118. The van der Waals surface area contributed by atoms with Crippen molar-refractivity contribution in [2.24, 2.45) is 10.9 Å². The molecular weight excluding hydrogens is 312 g/mol. The highest BCUT2D eigenvalue weighted by Gasteiger charge is 2.18. The predicted molar refractivity (Wildman–Crippen MR) is 104 cm³/mol. The van der Waals surface area contributed by atoms with E-state index in [0.29, 0.717) is 12.5 Å². The molecule has 5 heteroatoms. The molecule has 1 aliphatic heterocycles. The zero-order valence-electron chi connectivity index (χ0n) is 15.7. The first-order chi connectivity index (χ1) is 12.1. The zero-order valence-corrected chi connectivity index (χ0v) is 15.7. The highest BCUT2D eigenvalue weighted by atomic mass is 16.1. The second-order valence-electron chi connectivity index (χ2n) is 7.09. The third-order valence-electron chi connectivity index (χ3n) is 4.40. The molecule has 0 aliphatic carbocycles. The van der Waals surface area contributed by atoms with Gasteiger partial charge in [-0.25, -0.2) is 0 Å². The zero-order chi connectivity index (χ0) is 18.1. The van der Waals surface area contributed by atoms with Crippen LogP contribution in [0.15, 0.2) is 29.3 Å². The lowest BCUT2D eigenvalue weighted by molar-refractivity contribution is -0.122. The summed E-state index contributed by atoms with van der Waals surface area (Å²) in [6, 6.07) is 8.29. The molecule has 0 spiro atoms. The lowest BCUT2D eigenvalue weighted by Crippen LogP contribution is -2.44. The summed E-state index contributed by atoms with van der Waals surface area (Å²) in [6.07, 6.45) is 4.86. The van der Waals surface area contributed by atoms with Crippen LogP contribution in [0.2, 0.25) is 0 Å². The van der Waals surface area contributed by atoms with Crippen LogP contribution in [0.5, 0.6) is 0 Å². The van der Waals surface area contributed by atoms with Gasteiger partial charge >= 0.3 is 0 Å². The minimum absolute atomic E-state index is 0.0197. The van der Waals surface area contributed by atoms with Crippen LogP contribution in [0.3, 0.4) is 0 Å². The SMILES string of the molecule is CC(C)Cc1ccccc1C(C)C(=O)NCCCN[C@H]1N=CCCN1. The molecule has 1 amide bonds. The number of benzene rings is 1. The molecule has 1 aromatic rings. The largest absolute Gasteiger partial charge is 0.356 e. The van der Waals surface area contributed by atoms with E-state index in [1.54, 1.807) is 0 Å². The van der Waals surface area contributed by atoms with Gasteiger partial charge in [-0.2, -0.15) is 0 Å². The van der Waals surface area contributed by atoms with Crippen LogP contribution in [0.4, 0.5) is 0 Å². The summed E-state index contributed by atoms with van der Waals surface area (Å²) >= 11 is 0. The van der Waals surface area contributed by atoms with Crippen molar-refractivity contribution in [3.05, 3.63) is 35.4 Å². The summed E-state index contributed by atoms with van der Waals surface area (Å²) in [4.78, 5) is 16.8. The molecule has 1 aliphatic rings. The van der Waals surface area contributed by atoms with Crippen LogP contribution in [0, 0.1) is 5.92 Å². The molecule has 0 bridgehead atoms. The van der Waals surface area contributed by atoms with E-state index in [1.807, 2.05) is 19.2 Å². The summed E-state index contributed by atoms with van der Waals surface area (Å²) in [6.45, 7) is 8.88. The van der Waals surface area contributed by atoms with Crippen molar-refractivity contribution >= 4 is 12.1 Å². The Hall–Kier alpha value is -1.72. The lowest BCUT2D eigenvalue weighted by Gasteiger charge is -2.19. The van der Waals surface area contributed by atoms with Gasteiger partial charge in [0.05, 0.1) is 5.92 Å². The maximum absolute atomic E-state index is 12.5. The number of hydrogen-bond donors (Lipinski definition) is 3. The van der Waals surface area contributed by atoms with Gasteiger partial charge < -0.3 is 5.32 Å². The molecule has 1 aromatic carbocycles. The summed E-state index contributed by atoms with van der Waals surface area (Å²) < 4.78 is 0. The average molecular weight is 345 g/mol. The topological polar surface area (TPSA) is 65.5 Å². The highest BCUT2D eigenvalue weighted by molar-refractivity contribution is 5.83. The summed E-state index contributed by atoms with van der Waals surface area (Å²) in [7, 11) is 0. The number of amides is 1. The van der Waals surface area contributed by atoms with Gasteiger partial charge in [0.2, 0.25) is 5.91 Å². The Morgan fingerprint density at radius 3 is 2.80 bits per heavy atom. The summed E-state index contributed by atoms with van der Waals surface area (Å²) in [5, 5.41) is 9.67. The Kier molecular flexibility index (Phi) is 8.09. The van der Waals surface area contributed by atoms with Crippen molar-refractivity contribution in [3.8, 4) is 0 Å². The Morgan fingerprint density at radius 2 is 2.08 bits per heavy atom. The van der Waals surface area contributed by atoms with Crippen LogP contribution in [-0.4, -0.2) is 38.0 Å². The van der Waals surface area contributed by atoms with Gasteiger partial charge in [0, 0.05) is 19.3 Å². The molecular formula is C20H32N4O. The predicted octanol–water partition coefficient (Wildman–Crippen LogP) is 2.43. The van der Waals surface area contributed by atoms with Crippen LogP contribution < -0.4 is 16.0 Å². The number of nitrogens with zero attached hydrogens (tertiary/aromatic N) is 1. The van der Waals surface area contributed by atoms with Crippen LogP contribution in [-0.2, 0) is 11.2 Å². The normalized spacial score (nSPS) is 18.3. The van der Waals surface area contributed by atoms with E-state index in [1.165, 1.54) is 5.56 Å². The molecule has 25 heavy (non-hydrogen) atoms. The number of hydrogen-bond acceptors (Lipinski definition) is 4. The van der Waals surface area contributed by atoms with Crippen molar-refractivity contribution in [3.63, 3.8) is 0 Å². The van der Waals surface area contributed by atoms with E-state index in [-0.39, 0.29) is 18.1 Å². The molecule has 2 atom stereocenters. The smallest absolute Gasteiger partial charge is 0.227 e. The molecule has 2 rings (SSSR count). The van der Waals surface area contributed by atoms with Crippen molar-refractivity contribution in [2.75, 3.05) is 19.6 Å². The standard InChI is InChI=1S/C20H32N4O/c1-15(2)14-17-8-4-5-9-18(17)16(3)19(25)21-10-6-11-22-20-23-12-7-13-24-20/h4-5,8-9,12,15-16,20,22,24H,6-7,10-11,13-14H2,1-3H3,(H,21,25)/t16?,20-/m0/s1. The lowest BCUT2D eigenvalue weighted by atomic mass is 9.90.